The molecule has 0 spiro atoms. The maximum Gasteiger partial charge on any atom is 0.159 e. The van der Waals surface area contributed by atoms with Crippen molar-refractivity contribution >= 4 is 54.8 Å². The Kier molecular flexibility index (Phi) is 7.94. The van der Waals surface area contributed by atoms with Crippen LogP contribution in [0.5, 0.6) is 0 Å². The molecule has 2 atom stereocenters. The van der Waals surface area contributed by atoms with Crippen LogP contribution in [-0.2, 0) is 19.3 Å². The van der Waals surface area contributed by atoms with Crippen LogP contribution < -0.4 is 0 Å². The summed E-state index contributed by atoms with van der Waals surface area (Å²) in [6, 6.07) is 33.4. The molecule has 3 aliphatic carbocycles. The lowest BCUT2D eigenvalue weighted by Crippen LogP contribution is -2.42. The second-order valence-electron chi connectivity index (χ2n) is 15.3. The molecular weight excluding hydrogens is 665 g/mol. The highest BCUT2D eigenvalue weighted by molar-refractivity contribution is 7.25. The lowest BCUT2D eigenvalue weighted by molar-refractivity contribution is 0.419. The second kappa shape index (κ2) is 13.0. The number of allylic oxidation sites excluding steroid dienone is 3. The minimum absolute atomic E-state index is 0.199. The van der Waals surface area contributed by atoms with Crippen molar-refractivity contribution in [3.8, 4) is 5.69 Å². The molecule has 0 bridgehead atoms. The SMILES string of the molecule is Cc1ccccc1C1=CC(C2N=C(c3ccc4c(c3)sc3ccccc34)N=C(c3ccc(-n4c5c(c6c4CCCC6)CCC=C5)cc3)N2C)=CCC1C. The normalized spacial score (nSPS) is 19.8. The first-order chi connectivity index (χ1) is 26.0. The molecule has 0 amide bonds. The summed E-state index contributed by atoms with van der Waals surface area (Å²) in [6.45, 7) is 4.56. The Morgan fingerprint density at radius 1 is 0.792 bits per heavy atom. The number of aliphatic imine (C=N–C) groups is 2. The number of thiophene rings is 1. The van der Waals surface area contributed by atoms with Gasteiger partial charge in [-0.25, -0.2) is 9.98 Å². The first-order valence-corrected chi connectivity index (χ1v) is 20.1. The fourth-order valence-electron chi connectivity index (χ4n) is 9.16. The van der Waals surface area contributed by atoms with Crippen LogP contribution in [0.25, 0.3) is 37.5 Å². The summed E-state index contributed by atoms with van der Waals surface area (Å²) in [7, 11) is 2.16. The molecule has 0 N–H and O–H groups in total. The third-order valence-corrected chi connectivity index (χ3v) is 13.1. The van der Waals surface area contributed by atoms with Gasteiger partial charge < -0.3 is 9.47 Å². The van der Waals surface area contributed by atoms with Gasteiger partial charge in [-0.3, -0.25) is 0 Å². The fourth-order valence-corrected chi connectivity index (χ4v) is 10.3. The molecule has 6 aromatic rings. The number of aryl methyl sites for hydroxylation is 1. The van der Waals surface area contributed by atoms with Gasteiger partial charge in [0.2, 0.25) is 0 Å². The van der Waals surface area contributed by atoms with Crippen molar-refractivity contribution in [1.82, 2.24) is 9.47 Å². The topological polar surface area (TPSA) is 32.9 Å². The van der Waals surface area contributed by atoms with Crippen molar-refractivity contribution in [2.75, 3.05) is 7.05 Å². The van der Waals surface area contributed by atoms with E-state index in [9.17, 15) is 0 Å². The number of aromatic nitrogens is 1. The third kappa shape index (κ3) is 5.47. The molecule has 262 valence electrons. The minimum atomic E-state index is -0.199. The van der Waals surface area contributed by atoms with Gasteiger partial charge in [-0.1, -0.05) is 79.7 Å². The van der Waals surface area contributed by atoms with Crippen molar-refractivity contribution < 1.29 is 0 Å². The van der Waals surface area contributed by atoms with Crippen LogP contribution in [0.1, 0.15) is 77.4 Å². The van der Waals surface area contributed by atoms with Crippen molar-refractivity contribution in [1.29, 1.82) is 0 Å². The van der Waals surface area contributed by atoms with Crippen molar-refractivity contribution in [2.24, 2.45) is 15.9 Å². The van der Waals surface area contributed by atoms with E-state index < -0.39 is 0 Å². The predicted octanol–water partition coefficient (Wildman–Crippen LogP) is 11.5. The number of hydrogen-bond acceptors (Lipinski definition) is 4. The predicted molar refractivity (Wildman–Crippen MR) is 225 cm³/mol. The number of amidine groups is 2. The highest BCUT2D eigenvalue weighted by Gasteiger charge is 2.31. The average molecular weight is 709 g/mol. The summed E-state index contributed by atoms with van der Waals surface area (Å²) in [6.07, 6.45) is 17.6. The molecule has 2 aromatic heterocycles. The Labute approximate surface area is 316 Å². The van der Waals surface area contributed by atoms with Crippen molar-refractivity contribution in [3.63, 3.8) is 0 Å². The third-order valence-electron chi connectivity index (χ3n) is 12.0. The zero-order chi connectivity index (χ0) is 35.6. The van der Waals surface area contributed by atoms with Gasteiger partial charge >= 0.3 is 0 Å². The van der Waals surface area contributed by atoms with Crippen LogP contribution in [0.3, 0.4) is 0 Å². The Hall–Kier alpha value is -5.26. The van der Waals surface area contributed by atoms with E-state index in [-0.39, 0.29) is 6.17 Å². The molecule has 3 heterocycles. The largest absolute Gasteiger partial charge is 0.333 e. The van der Waals surface area contributed by atoms with Gasteiger partial charge in [-0.2, -0.15) is 0 Å². The fraction of sp³-hybridized carbons (Fsp3) is 0.250. The molecule has 53 heavy (non-hydrogen) atoms. The first-order valence-electron chi connectivity index (χ1n) is 19.3. The molecule has 1 aliphatic heterocycles. The Balaban J connectivity index is 1.08. The number of likely N-dealkylation sites (N-methyl/N-ethyl adjacent to an activating group) is 1. The molecule has 0 radical (unpaired) electrons. The summed E-state index contributed by atoms with van der Waals surface area (Å²) in [5, 5.41) is 2.60. The van der Waals surface area contributed by atoms with Gasteiger partial charge in [0.1, 0.15) is 12.0 Å². The molecule has 4 aliphatic rings. The standard InChI is InChI=1S/C48H44N4S/c1-30-12-4-5-13-36(30)41-28-34(21-20-31(41)2)48-50-46(33-24-27-40-39-16-8-11-19-44(39)53-45(40)29-33)49-47(51(48)3)32-22-25-35(26-23-32)52-42-17-9-6-14-37(42)38-15-7-10-18-43(38)52/h4-5,8-9,11-13,16-17,19,21-29,31,48H,6-7,10,14-15,18,20H2,1-3H3. The number of benzene rings is 4. The van der Waals surface area contributed by atoms with E-state index in [2.05, 4.69) is 146 Å². The van der Waals surface area contributed by atoms with E-state index in [1.165, 1.54) is 78.8 Å². The van der Waals surface area contributed by atoms with Crippen LogP contribution in [0.4, 0.5) is 0 Å². The van der Waals surface area contributed by atoms with Crippen molar-refractivity contribution in [2.45, 2.75) is 65.0 Å². The summed E-state index contributed by atoms with van der Waals surface area (Å²) >= 11 is 1.84. The zero-order valence-corrected chi connectivity index (χ0v) is 31.6. The molecule has 2 unspecified atom stereocenters. The van der Waals surface area contributed by atoms with E-state index in [4.69, 9.17) is 9.98 Å². The van der Waals surface area contributed by atoms with Crippen molar-refractivity contribution in [3.05, 3.63) is 160 Å². The molecule has 0 saturated carbocycles. The zero-order valence-electron chi connectivity index (χ0n) is 30.8. The van der Waals surface area contributed by atoms with E-state index in [0.717, 1.165) is 48.5 Å². The van der Waals surface area contributed by atoms with Gasteiger partial charge in [0.25, 0.3) is 0 Å². The van der Waals surface area contributed by atoms with Gasteiger partial charge in [-0.05, 0) is 134 Å². The van der Waals surface area contributed by atoms with E-state index in [0.29, 0.717) is 5.92 Å². The summed E-state index contributed by atoms with van der Waals surface area (Å²) in [4.78, 5) is 13.1. The Morgan fingerprint density at radius 3 is 2.47 bits per heavy atom. The van der Waals surface area contributed by atoms with Gasteiger partial charge in [0.15, 0.2) is 5.84 Å². The van der Waals surface area contributed by atoms with Crippen LogP contribution in [0, 0.1) is 12.8 Å². The van der Waals surface area contributed by atoms with Crippen LogP contribution in [0.2, 0.25) is 0 Å². The number of nitrogens with zero attached hydrogens (tertiary/aromatic N) is 4. The van der Waals surface area contributed by atoms with Gasteiger partial charge in [0, 0.05) is 55.4 Å². The Morgan fingerprint density at radius 2 is 1.58 bits per heavy atom. The molecule has 4 aromatic carbocycles. The van der Waals surface area contributed by atoms with E-state index in [1.54, 1.807) is 11.1 Å². The monoisotopic (exact) mass is 708 g/mol. The van der Waals surface area contributed by atoms with E-state index in [1.807, 2.05) is 11.3 Å². The molecule has 10 rings (SSSR count). The summed E-state index contributed by atoms with van der Waals surface area (Å²) in [5.41, 5.74) is 14.8. The minimum Gasteiger partial charge on any atom is -0.333 e. The summed E-state index contributed by atoms with van der Waals surface area (Å²) in [5.74, 6) is 2.17. The molecule has 0 fully saturated rings. The maximum absolute atomic E-state index is 5.46. The summed E-state index contributed by atoms with van der Waals surface area (Å²) < 4.78 is 5.13. The van der Waals surface area contributed by atoms with Gasteiger partial charge in [-0.15, -0.1) is 11.3 Å². The lowest BCUT2D eigenvalue weighted by Gasteiger charge is -2.35. The van der Waals surface area contributed by atoms with Crippen LogP contribution >= 0.6 is 11.3 Å². The number of fused-ring (bicyclic) bond motifs is 6. The average Bonchev–Trinajstić information content (AvgIpc) is 3.74. The van der Waals surface area contributed by atoms with Gasteiger partial charge in [0.05, 0.1) is 0 Å². The van der Waals surface area contributed by atoms with Crippen LogP contribution in [-0.4, -0.2) is 34.4 Å². The molecular formula is C48H44N4S. The second-order valence-corrected chi connectivity index (χ2v) is 16.3. The highest BCUT2D eigenvalue weighted by Crippen LogP contribution is 2.39. The smallest absolute Gasteiger partial charge is 0.159 e. The Bertz CT molecular complexity index is 2590. The highest BCUT2D eigenvalue weighted by atomic mass is 32.1. The number of rotatable bonds is 5. The van der Waals surface area contributed by atoms with E-state index >= 15 is 0 Å². The van der Waals surface area contributed by atoms with Crippen LogP contribution in [0.15, 0.2) is 125 Å². The quantitative estimate of drug-likeness (QED) is 0.175. The number of hydrogen-bond donors (Lipinski definition) is 0. The maximum atomic E-state index is 5.46. The first kappa shape index (κ1) is 32.4. The molecule has 0 saturated heterocycles. The molecule has 5 heteroatoms. The molecule has 4 nitrogen and oxygen atoms in total. The lowest BCUT2D eigenvalue weighted by atomic mass is 9.83.